The summed E-state index contributed by atoms with van der Waals surface area (Å²) in [6, 6.07) is -1.41. The minimum atomic E-state index is -1.25. The van der Waals surface area contributed by atoms with Crippen molar-refractivity contribution >= 4 is 23.8 Å². The number of hydrogen-bond donors (Lipinski definition) is 5. The van der Waals surface area contributed by atoms with Crippen LogP contribution in [0, 0.1) is 0 Å². The third-order valence-corrected chi connectivity index (χ3v) is 7.69. The Kier molecular flexibility index (Phi) is 24.3. The van der Waals surface area contributed by atoms with Crippen molar-refractivity contribution < 1.29 is 29.0 Å². The van der Waals surface area contributed by atoms with Gasteiger partial charge in [-0.2, -0.15) is 0 Å². The first-order chi connectivity index (χ1) is 23.7. The second-order valence-electron chi connectivity index (χ2n) is 11.8. The molecule has 272 valence electrons. The number of carbonyl (C=O) groups is 4. The van der Waals surface area contributed by atoms with Gasteiger partial charge in [0.05, 0.1) is 24.3 Å². The van der Waals surface area contributed by atoms with Crippen molar-refractivity contribution in [3.63, 3.8) is 0 Å². The molecule has 0 radical (unpaired) electrons. The lowest BCUT2D eigenvalue weighted by atomic mass is 9.87. The van der Waals surface area contributed by atoms with Crippen LogP contribution in [-0.2, 0) is 19.1 Å². The molecule has 10 heteroatoms. The molecule has 1 aliphatic rings. The van der Waals surface area contributed by atoms with E-state index in [1.807, 2.05) is 26.0 Å². The highest BCUT2D eigenvalue weighted by Gasteiger charge is 2.38. The largest absolute Gasteiger partial charge is 0.465 e. The molecule has 4 amide bonds. The molecule has 0 aliphatic heterocycles. The van der Waals surface area contributed by atoms with Gasteiger partial charge >= 0.3 is 6.09 Å². The highest BCUT2D eigenvalue weighted by atomic mass is 16.5. The molecule has 3 atom stereocenters. The highest BCUT2D eigenvalue weighted by molar-refractivity contribution is 5.94. The van der Waals surface area contributed by atoms with Crippen molar-refractivity contribution in [1.82, 2.24) is 21.3 Å². The first-order valence-corrected chi connectivity index (χ1v) is 17.8. The summed E-state index contributed by atoms with van der Waals surface area (Å²) in [6.45, 7) is 7.93. The van der Waals surface area contributed by atoms with Gasteiger partial charge in [-0.05, 0) is 63.9 Å². The third kappa shape index (κ3) is 21.4. The van der Waals surface area contributed by atoms with E-state index >= 15 is 0 Å². The number of nitrogens with one attached hydrogen (secondary N) is 4. The lowest BCUT2D eigenvalue weighted by Gasteiger charge is -2.38. The van der Waals surface area contributed by atoms with E-state index in [-0.39, 0.29) is 43.3 Å². The van der Waals surface area contributed by atoms with Gasteiger partial charge in [-0.15, -0.1) is 0 Å². The maximum Gasteiger partial charge on any atom is 0.404 e. The number of amides is 4. The van der Waals surface area contributed by atoms with Crippen LogP contribution >= 0.6 is 0 Å². The van der Waals surface area contributed by atoms with Crippen molar-refractivity contribution in [3.05, 3.63) is 84.6 Å². The molecule has 1 aliphatic carbocycles. The van der Waals surface area contributed by atoms with Gasteiger partial charge in [-0.3, -0.25) is 14.4 Å². The number of hydrogen-bond acceptors (Lipinski definition) is 5. The molecule has 0 aromatic carbocycles. The van der Waals surface area contributed by atoms with Crippen LogP contribution in [0.15, 0.2) is 84.6 Å². The molecule has 0 aromatic heterocycles. The van der Waals surface area contributed by atoms with Gasteiger partial charge in [0.1, 0.15) is 0 Å². The van der Waals surface area contributed by atoms with Crippen LogP contribution in [0.2, 0.25) is 0 Å². The lowest BCUT2D eigenvalue weighted by molar-refractivity contribution is -0.122. The fraction of sp³-hybridized carbons (Fsp3) is 0.538. The third-order valence-electron chi connectivity index (χ3n) is 7.69. The Morgan fingerprint density at radius 1 is 0.776 bits per heavy atom. The standard InChI is InChI=1S/C39H60N4O6/c1-5-8-9-10-11-12-13-14-15-16-17-18-19-20-21-22-23-24-25-26-36(45)40-27-28-41-38(46)32-29-34(43-39(47)48)37(42-31(4)44)35(30-32)49-33(6-2)7-3/h8-9,11-12,14-15,17-18,20-21,23-24,30,33-35,37,43H,5-7,10,13,16,19,22,25-29H2,1-4H3,(H,40,45)(H,41,46)(H,42,44)(H,47,48)/b9-8-,12-11-,15-14-,18-17-,21-20-,24-23-/t34-,35+,37+/m0/s1. The van der Waals surface area contributed by atoms with Gasteiger partial charge in [-0.1, -0.05) is 93.7 Å². The van der Waals surface area contributed by atoms with E-state index < -0.39 is 24.3 Å². The summed E-state index contributed by atoms with van der Waals surface area (Å²) in [5.74, 6) is -0.796. The molecule has 49 heavy (non-hydrogen) atoms. The van der Waals surface area contributed by atoms with Gasteiger partial charge in [0.2, 0.25) is 17.7 Å². The number of rotatable bonds is 24. The summed E-state index contributed by atoms with van der Waals surface area (Å²) in [6.07, 6.45) is 33.6. The van der Waals surface area contributed by atoms with Crippen LogP contribution < -0.4 is 21.3 Å². The van der Waals surface area contributed by atoms with Crippen molar-refractivity contribution in [2.24, 2.45) is 0 Å². The molecule has 5 N–H and O–H groups in total. The van der Waals surface area contributed by atoms with Crippen LogP contribution in [0.25, 0.3) is 0 Å². The fourth-order valence-corrected chi connectivity index (χ4v) is 5.11. The maximum absolute atomic E-state index is 13.0. The average Bonchev–Trinajstić information content (AvgIpc) is 3.07. The zero-order valence-electron chi connectivity index (χ0n) is 30.0. The maximum atomic E-state index is 13.0. The topological polar surface area (TPSA) is 146 Å². The summed E-state index contributed by atoms with van der Waals surface area (Å²) in [7, 11) is 0. The zero-order chi connectivity index (χ0) is 36.1. The van der Waals surface area contributed by atoms with Crippen molar-refractivity contribution in [1.29, 1.82) is 0 Å². The lowest BCUT2D eigenvalue weighted by Crippen LogP contribution is -2.59. The van der Waals surface area contributed by atoms with Crippen molar-refractivity contribution in [2.45, 2.75) is 123 Å². The molecule has 10 nitrogen and oxygen atoms in total. The van der Waals surface area contributed by atoms with Gasteiger partial charge in [-0.25, -0.2) is 4.79 Å². The Bertz CT molecular complexity index is 1200. The van der Waals surface area contributed by atoms with Crippen LogP contribution in [0.3, 0.4) is 0 Å². The molecule has 0 saturated carbocycles. The summed E-state index contributed by atoms with van der Waals surface area (Å²) >= 11 is 0. The first kappa shape index (κ1) is 42.8. The molecule has 0 unspecified atom stereocenters. The zero-order valence-corrected chi connectivity index (χ0v) is 30.0. The molecule has 0 bridgehead atoms. The van der Waals surface area contributed by atoms with E-state index in [2.05, 4.69) is 89.0 Å². The Morgan fingerprint density at radius 2 is 1.29 bits per heavy atom. The molecule has 0 spiro atoms. The fourth-order valence-electron chi connectivity index (χ4n) is 5.11. The first-order valence-electron chi connectivity index (χ1n) is 17.8. The van der Waals surface area contributed by atoms with Gasteiger partial charge in [0.25, 0.3) is 0 Å². The number of allylic oxidation sites excluding steroid dienone is 12. The van der Waals surface area contributed by atoms with E-state index in [4.69, 9.17) is 4.74 Å². The van der Waals surface area contributed by atoms with E-state index in [0.717, 1.165) is 51.4 Å². The molecule has 0 saturated heterocycles. The molecule has 0 heterocycles. The van der Waals surface area contributed by atoms with Crippen LogP contribution in [0.5, 0.6) is 0 Å². The summed E-state index contributed by atoms with van der Waals surface area (Å²) in [5, 5.41) is 20.2. The summed E-state index contributed by atoms with van der Waals surface area (Å²) in [4.78, 5) is 48.6. The monoisotopic (exact) mass is 680 g/mol. The normalized spacial score (nSPS) is 18.4. The van der Waals surface area contributed by atoms with Gasteiger partial charge in [0, 0.05) is 38.4 Å². The van der Waals surface area contributed by atoms with E-state index in [1.165, 1.54) is 6.92 Å². The van der Waals surface area contributed by atoms with Crippen LogP contribution in [0.4, 0.5) is 4.79 Å². The van der Waals surface area contributed by atoms with Crippen LogP contribution in [-0.4, -0.2) is 66.3 Å². The summed E-state index contributed by atoms with van der Waals surface area (Å²) < 4.78 is 6.19. The second kappa shape index (κ2) is 27.7. The van der Waals surface area contributed by atoms with Gasteiger partial charge in [0.15, 0.2) is 0 Å². The molecular weight excluding hydrogens is 620 g/mol. The molecule has 1 rings (SSSR count). The Labute approximate surface area is 294 Å². The predicted molar refractivity (Wildman–Crippen MR) is 198 cm³/mol. The van der Waals surface area contributed by atoms with E-state index in [0.29, 0.717) is 18.4 Å². The SMILES string of the molecule is CC/C=C\C/C=C\C/C=C\C/C=C\C/C=C\C/C=C\CCC(=O)NCCNC(=O)C1=C[C@@H](OC(CC)CC)[C@H](NC(C)=O)[C@@H](NC(=O)O)C1. The number of carbonyl (C=O) groups excluding carboxylic acids is 3. The average molecular weight is 681 g/mol. The molecule has 0 fully saturated rings. The smallest absolute Gasteiger partial charge is 0.404 e. The van der Waals surface area contributed by atoms with Gasteiger partial charge < -0.3 is 31.1 Å². The quantitative estimate of drug-likeness (QED) is 0.0564. The van der Waals surface area contributed by atoms with E-state index in [9.17, 15) is 24.3 Å². The van der Waals surface area contributed by atoms with Crippen molar-refractivity contribution in [3.8, 4) is 0 Å². The predicted octanol–water partition coefficient (Wildman–Crippen LogP) is 6.74. The number of ether oxygens (including phenoxy) is 1. The van der Waals surface area contributed by atoms with Crippen LogP contribution in [0.1, 0.15) is 98.3 Å². The second-order valence-corrected chi connectivity index (χ2v) is 11.8. The minimum absolute atomic E-state index is 0.0875. The molecular formula is C39H60N4O6. The molecule has 0 aromatic rings. The van der Waals surface area contributed by atoms with E-state index in [1.54, 1.807) is 6.08 Å². The van der Waals surface area contributed by atoms with Crippen molar-refractivity contribution in [2.75, 3.05) is 13.1 Å². The number of carboxylic acid groups (broad SMARTS) is 1. The Morgan fingerprint density at radius 3 is 1.78 bits per heavy atom. The summed E-state index contributed by atoms with van der Waals surface area (Å²) in [5.41, 5.74) is 0.361. The Hall–Kier alpha value is -4.18. The Balaban J connectivity index is 2.36. The highest BCUT2D eigenvalue weighted by Crippen LogP contribution is 2.24. The minimum Gasteiger partial charge on any atom is -0.465 e.